The Morgan fingerprint density at radius 3 is 3.00 bits per heavy atom. The van der Waals surface area contributed by atoms with Crippen molar-refractivity contribution in [2.24, 2.45) is 0 Å². The van der Waals surface area contributed by atoms with Crippen molar-refractivity contribution in [2.75, 3.05) is 13.1 Å². The highest BCUT2D eigenvalue weighted by atomic mass is 32.1. The highest BCUT2D eigenvalue weighted by molar-refractivity contribution is 7.09. The molecule has 76 valence electrons. The van der Waals surface area contributed by atoms with Crippen LogP contribution in [0, 0.1) is 0 Å². The Labute approximate surface area is 87.5 Å². The van der Waals surface area contributed by atoms with Crippen LogP contribution >= 0.6 is 11.3 Å². The zero-order chi connectivity index (χ0) is 9.38. The maximum atomic E-state index is 5.66. The molecule has 2 heterocycles. The lowest BCUT2D eigenvalue weighted by Crippen LogP contribution is -2.48. The van der Waals surface area contributed by atoms with Gasteiger partial charge in [-0.15, -0.1) is 11.3 Å². The molecule has 2 fully saturated rings. The quantitative estimate of drug-likeness (QED) is 0.818. The second kappa shape index (κ2) is 3.61. The lowest BCUT2D eigenvalue weighted by molar-refractivity contribution is 0.00622. The molecule has 0 radical (unpaired) electrons. The fraction of sp³-hybridized carbons (Fsp3) is 0.700. The van der Waals surface area contributed by atoms with Gasteiger partial charge in [0.05, 0.1) is 23.4 Å². The topological polar surface area (TPSA) is 34.1 Å². The molecule has 1 saturated heterocycles. The van der Waals surface area contributed by atoms with Crippen LogP contribution in [0.5, 0.6) is 0 Å². The number of rotatable bonds is 4. The van der Waals surface area contributed by atoms with Crippen LogP contribution in [0.25, 0.3) is 0 Å². The highest BCUT2D eigenvalue weighted by Gasteiger charge is 2.26. The molecule has 1 aromatic heterocycles. The van der Waals surface area contributed by atoms with Crippen molar-refractivity contribution in [1.29, 1.82) is 0 Å². The van der Waals surface area contributed by atoms with Gasteiger partial charge in [0.1, 0.15) is 0 Å². The van der Waals surface area contributed by atoms with Gasteiger partial charge in [0.15, 0.2) is 0 Å². The summed E-state index contributed by atoms with van der Waals surface area (Å²) in [5.41, 5.74) is 1.11. The first-order valence-electron chi connectivity index (χ1n) is 5.18. The van der Waals surface area contributed by atoms with Gasteiger partial charge in [0.2, 0.25) is 0 Å². The maximum Gasteiger partial charge on any atom is 0.0960 e. The molecule has 3 nitrogen and oxygen atoms in total. The van der Waals surface area contributed by atoms with Crippen molar-refractivity contribution in [3.63, 3.8) is 0 Å². The van der Waals surface area contributed by atoms with Crippen molar-refractivity contribution in [1.82, 2.24) is 10.3 Å². The molecule has 1 aliphatic heterocycles. The average molecular weight is 210 g/mol. The molecule has 0 amide bonds. The first-order valence-corrected chi connectivity index (χ1v) is 6.06. The third-order valence-electron chi connectivity index (χ3n) is 2.71. The third kappa shape index (κ3) is 1.82. The number of hydrogen-bond acceptors (Lipinski definition) is 4. The van der Waals surface area contributed by atoms with E-state index in [1.165, 1.54) is 17.8 Å². The van der Waals surface area contributed by atoms with Crippen LogP contribution in [0.4, 0.5) is 0 Å². The number of ether oxygens (including phenoxy) is 1. The van der Waals surface area contributed by atoms with Crippen LogP contribution in [0.1, 0.15) is 29.5 Å². The van der Waals surface area contributed by atoms with Crippen molar-refractivity contribution >= 4 is 11.3 Å². The molecule has 14 heavy (non-hydrogen) atoms. The molecule has 1 aromatic rings. The van der Waals surface area contributed by atoms with E-state index in [1.54, 1.807) is 11.3 Å². The molecule has 0 spiro atoms. The monoisotopic (exact) mass is 210 g/mol. The maximum absolute atomic E-state index is 5.66. The SMILES string of the molecule is c1sc(C2CC2)nc1COC1CNC1. The number of hydrogen-bond donors (Lipinski definition) is 1. The Kier molecular flexibility index (Phi) is 2.27. The van der Waals surface area contributed by atoms with E-state index < -0.39 is 0 Å². The molecule has 0 bridgehead atoms. The van der Waals surface area contributed by atoms with Crippen LogP contribution < -0.4 is 5.32 Å². The van der Waals surface area contributed by atoms with E-state index in [9.17, 15) is 0 Å². The zero-order valence-electron chi connectivity index (χ0n) is 8.03. The number of nitrogens with zero attached hydrogens (tertiary/aromatic N) is 1. The van der Waals surface area contributed by atoms with Crippen LogP contribution in [0.2, 0.25) is 0 Å². The van der Waals surface area contributed by atoms with E-state index in [0.29, 0.717) is 12.7 Å². The number of aromatic nitrogens is 1. The number of nitrogens with one attached hydrogen (secondary N) is 1. The van der Waals surface area contributed by atoms with Crippen molar-refractivity contribution in [3.05, 3.63) is 16.1 Å². The Hall–Kier alpha value is -0.450. The first kappa shape index (κ1) is 8.83. The largest absolute Gasteiger partial charge is 0.369 e. The minimum atomic E-state index is 0.418. The first-order chi connectivity index (χ1) is 6.92. The van der Waals surface area contributed by atoms with Crippen LogP contribution in [0.15, 0.2) is 5.38 Å². The van der Waals surface area contributed by atoms with Gasteiger partial charge in [-0.05, 0) is 12.8 Å². The lowest BCUT2D eigenvalue weighted by Gasteiger charge is -2.26. The Morgan fingerprint density at radius 1 is 1.50 bits per heavy atom. The van der Waals surface area contributed by atoms with Gasteiger partial charge in [0, 0.05) is 24.4 Å². The predicted molar refractivity (Wildman–Crippen MR) is 55.5 cm³/mol. The summed E-state index contributed by atoms with van der Waals surface area (Å²) in [6.07, 6.45) is 3.09. The molecule has 0 unspecified atom stereocenters. The Bertz CT molecular complexity index is 318. The van der Waals surface area contributed by atoms with Crippen LogP contribution in [-0.4, -0.2) is 24.2 Å². The van der Waals surface area contributed by atoms with E-state index in [-0.39, 0.29) is 0 Å². The molecule has 4 heteroatoms. The minimum absolute atomic E-state index is 0.418. The zero-order valence-corrected chi connectivity index (χ0v) is 8.85. The van der Waals surface area contributed by atoms with Crippen LogP contribution in [-0.2, 0) is 11.3 Å². The Balaban J connectivity index is 1.54. The van der Waals surface area contributed by atoms with Crippen molar-refractivity contribution < 1.29 is 4.74 Å². The fourth-order valence-corrected chi connectivity index (χ4v) is 2.47. The smallest absolute Gasteiger partial charge is 0.0960 e. The van der Waals surface area contributed by atoms with E-state index in [2.05, 4.69) is 15.7 Å². The lowest BCUT2D eigenvalue weighted by atomic mass is 10.2. The van der Waals surface area contributed by atoms with Gasteiger partial charge in [0.25, 0.3) is 0 Å². The molecule has 1 N–H and O–H groups in total. The summed E-state index contributed by atoms with van der Waals surface area (Å²) in [5.74, 6) is 0.777. The molecule has 3 rings (SSSR count). The summed E-state index contributed by atoms with van der Waals surface area (Å²) in [6, 6.07) is 0. The van der Waals surface area contributed by atoms with Gasteiger partial charge in [-0.1, -0.05) is 0 Å². The Morgan fingerprint density at radius 2 is 2.36 bits per heavy atom. The second-order valence-corrected chi connectivity index (χ2v) is 4.93. The van der Waals surface area contributed by atoms with E-state index in [0.717, 1.165) is 24.7 Å². The molecule has 0 aromatic carbocycles. The van der Waals surface area contributed by atoms with Crippen molar-refractivity contribution in [3.8, 4) is 0 Å². The summed E-state index contributed by atoms with van der Waals surface area (Å²) in [5, 5.41) is 6.64. The van der Waals surface area contributed by atoms with Crippen LogP contribution in [0.3, 0.4) is 0 Å². The standard InChI is InChI=1S/C10H14N2OS/c1-2-7(1)10-12-8(6-14-10)5-13-9-3-11-4-9/h6-7,9,11H,1-5H2. The van der Waals surface area contributed by atoms with Gasteiger partial charge >= 0.3 is 0 Å². The molecule has 0 atom stereocenters. The summed E-state index contributed by atoms with van der Waals surface area (Å²) in [6.45, 7) is 2.69. The van der Waals surface area contributed by atoms with E-state index in [1.807, 2.05) is 0 Å². The van der Waals surface area contributed by atoms with Gasteiger partial charge in [-0.25, -0.2) is 4.98 Å². The molecular weight excluding hydrogens is 196 g/mol. The van der Waals surface area contributed by atoms with Gasteiger partial charge in [-0.3, -0.25) is 0 Å². The average Bonchev–Trinajstić information content (AvgIpc) is 2.85. The predicted octanol–water partition coefficient (Wildman–Crippen LogP) is 1.51. The molecule has 2 aliphatic rings. The summed E-state index contributed by atoms with van der Waals surface area (Å²) >= 11 is 1.79. The summed E-state index contributed by atoms with van der Waals surface area (Å²) < 4.78 is 5.66. The highest BCUT2D eigenvalue weighted by Crippen LogP contribution is 2.41. The van der Waals surface area contributed by atoms with Crippen molar-refractivity contribution in [2.45, 2.75) is 31.5 Å². The summed E-state index contributed by atoms with van der Waals surface area (Å²) in [4.78, 5) is 4.58. The second-order valence-electron chi connectivity index (χ2n) is 4.04. The normalized spacial score (nSPS) is 22.3. The van der Waals surface area contributed by atoms with E-state index in [4.69, 9.17) is 4.74 Å². The summed E-state index contributed by atoms with van der Waals surface area (Å²) in [7, 11) is 0. The molecular formula is C10H14N2OS. The fourth-order valence-electron chi connectivity index (χ4n) is 1.49. The van der Waals surface area contributed by atoms with E-state index >= 15 is 0 Å². The van der Waals surface area contributed by atoms with Gasteiger partial charge in [-0.2, -0.15) is 0 Å². The molecule has 1 aliphatic carbocycles. The van der Waals surface area contributed by atoms with Gasteiger partial charge < -0.3 is 10.1 Å². The number of thiazole rings is 1. The third-order valence-corrected chi connectivity index (χ3v) is 3.76. The molecule has 1 saturated carbocycles. The minimum Gasteiger partial charge on any atom is -0.369 e.